The molecule has 1 aliphatic rings. The van der Waals surface area contributed by atoms with E-state index in [9.17, 15) is 13.2 Å². The molecule has 0 aromatic rings. The van der Waals surface area contributed by atoms with Crippen LogP contribution in [0.5, 0.6) is 0 Å². The van der Waals surface area contributed by atoms with E-state index in [0.717, 1.165) is 17.9 Å². The molecule has 86 valence electrons. The average Bonchev–Trinajstić information content (AvgIpc) is 2.40. The van der Waals surface area contributed by atoms with Gasteiger partial charge >= 0.3 is 6.18 Å². The average molecular weight is 238 g/mol. The molecule has 0 radical (unpaired) electrons. The molecule has 0 saturated carbocycles. The molecule has 0 N–H and O–H groups in total. The monoisotopic (exact) mass is 238 g/mol. The van der Waals surface area contributed by atoms with Crippen LogP contribution in [-0.2, 0) is 0 Å². The normalized spacial score (nSPS) is 21.7. The molecular formula is C9H13F3N2S. The molecule has 1 aliphatic heterocycles. The Morgan fingerprint density at radius 1 is 1.33 bits per heavy atom. The lowest BCUT2D eigenvalue weighted by Crippen LogP contribution is -2.37. The Morgan fingerprint density at radius 2 is 2.07 bits per heavy atom. The molecule has 0 aromatic carbocycles. The molecule has 15 heavy (non-hydrogen) atoms. The lowest BCUT2D eigenvalue weighted by atomic mass is 10.1. The summed E-state index contributed by atoms with van der Waals surface area (Å²) in [5.74, 6) is 0.0102. The summed E-state index contributed by atoms with van der Waals surface area (Å²) in [4.78, 5) is 1.74. The first-order valence-electron chi connectivity index (χ1n) is 4.80. The van der Waals surface area contributed by atoms with Gasteiger partial charge in [-0.25, -0.2) is 0 Å². The van der Waals surface area contributed by atoms with Crippen molar-refractivity contribution >= 4 is 11.8 Å². The summed E-state index contributed by atoms with van der Waals surface area (Å²) in [6, 6.07) is 1.34. The number of hydrogen-bond donors (Lipinski definition) is 0. The zero-order valence-electron chi connectivity index (χ0n) is 8.26. The van der Waals surface area contributed by atoms with Gasteiger partial charge in [0.15, 0.2) is 5.92 Å². The molecule has 1 saturated heterocycles. The van der Waals surface area contributed by atoms with E-state index in [1.807, 2.05) is 0 Å². The van der Waals surface area contributed by atoms with Crippen LogP contribution in [0.15, 0.2) is 0 Å². The van der Waals surface area contributed by atoms with Gasteiger partial charge in [0.05, 0.1) is 6.07 Å². The fourth-order valence-electron chi connectivity index (χ4n) is 1.46. The number of alkyl halides is 3. The summed E-state index contributed by atoms with van der Waals surface area (Å²) >= 11 is 1.76. The summed E-state index contributed by atoms with van der Waals surface area (Å²) in [6.45, 7) is 1.14. The van der Waals surface area contributed by atoms with Gasteiger partial charge in [0.2, 0.25) is 0 Å². The van der Waals surface area contributed by atoms with Crippen molar-refractivity contribution in [2.45, 2.75) is 12.6 Å². The Balaban J connectivity index is 2.47. The Kier molecular flexibility index (Phi) is 4.74. The molecule has 2 nitrogen and oxygen atoms in total. The molecule has 1 rings (SSSR count). The van der Waals surface area contributed by atoms with E-state index in [0.29, 0.717) is 13.1 Å². The largest absolute Gasteiger partial charge is 0.405 e. The van der Waals surface area contributed by atoms with Gasteiger partial charge in [-0.15, -0.1) is 0 Å². The zero-order valence-corrected chi connectivity index (χ0v) is 9.07. The van der Waals surface area contributed by atoms with Crippen molar-refractivity contribution in [3.05, 3.63) is 0 Å². The first-order valence-corrected chi connectivity index (χ1v) is 5.96. The quantitative estimate of drug-likeness (QED) is 0.737. The first-order chi connectivity index (χ1) is 7.04. The first kappa shape index (κ1) is 12.7. The number of thioether (sulfide) groups is 1. The molecule has 0 aliphatic carbocycles. The number of hydrogen-bond acceptors (Lipinski definition) is 3. The van der Waals surface area contributed by atoms with E-state index in [1.54, 1.807) is 16.7 Å². The van der Waals surface area contributed by atoms with Crippen LogP contribution in [-0.4, -0.2) is 42.2 Å². The van der Waals surface area contributed by atoms with Gasteiger partial charge < -0.3 is 4.90 Å². The van der Waals surface area contributed by atoms with Gasteiger partial charge in [0.1, 0.15) is 0 Å². The lowest BCUT2D eigenvalue weighted by molar-refractivity contribution is -0.163. The fourth-order valence-corrected chi connectivity index (χ4v) is 2.38. The predicted molar refractivity (Wildman–Crippen MR) is 53.5 cm³/mol. The Labute approximate surface area is 91.4 Å². The van der Waals surface area contributed by atoms with Crippen LogP contribution in [0.3, 0.4) is 0 Å². The highest BCUT2D eigenvalue weighted by Gasteiger charge is 2.40. The topological polar surface area (TPSA) is 27.0 Å². The van der Waals surface area contributed by atoms with Crippen LogP contribution in [0.2, 0.25) is 0 Å². The maximum absolute atomic E-state index is 12.3. The van der Waals surface area contributed by atoms with E-state index in [4.69, 9.17) is 5.26 Å². The highest BCUT2D eigenvalue weighted by atomic mass is 32.2. The minimum atomic E-state index is -4.39. The number of nitrogens with zero attached hydrogens (tertiary/aromatic N) is 2. The van der Waals surface area contributed by atoms with E-state index in [1.165, 1.54) is 6.07 Å². The van der Waals surface area contributed by atoms with Crippen LogP contribution in [0.1, 0.15) is 6.42 Å². The molecule has 1 fully saturated rings. The minimum Gasteiger partial charge on any atom is -0.301 e. The molecule has 0 bridgehead atoms. The summed E-state index contributed by atoms with van der Waals surface area (Å²) in [7, 11) is 0. The lowest BCUT2D eigenvalue weighted by Gasteiger charge is -2.23. The second kappa shape index (κ2) is 5.61. The van der Waals surface area contributed by atoms with E-state index >= 15 is 0 Å². The summed E-state index contributed by atoms with van der Waals surface area (Å²) in [5.41, 5.74) is 0. The van der Waals surface area contributed by atoms with Crippen LogP contribution in [0.25, 0.3) is 0 Å². The van der Waals surface area contributed by atoms with Crippen LogP contribution < -0.4 is 0 Å². The molecule has 6 heteroatoms. The molecule has 0 spiro atoms. The van der Waals surface area contributed by atoms with Crippen molar-refractivity contribution in [3.8, 4) is 6.07 Å². The van der Waals surface area contributed by atoms with Crippen molar-refractivity contribution in [2.75, 3.05) is 31.1 Å². The van der Waals surface area contributed by atoms with Gasteiger partial charge in [-0.1, -0.05) is 0 Å². The third kappa shape index (κ3) is 4.31. The number of rotatable bonds is 2. The Morgan fingerprint density at radius 3 is 2.67 bits per heavy atom. The second-order valence-electron chi connectivity index (χ2n) is 3.49. The van der Waals surface area contributed by atoms with Crippen molar-refractivity contribution in [1.29, 1.82) is 5.26 Å². The summed E-state index contributed by atoms with van der Waals surface area (Å²) < 4.78 is 37.0. The van der Waals surface area contributed by atoms with Crippen LogP contribution in [0, 0.1) is 17.2 Å². The Bertz CT molecular complexity index is 228. The van der Waals surface area contributed by atoms with Gasteiger partial charge in [-0.2, -0.15) is 30.2 Å². The molecule has 0 aromatic heterocycles. The van der Waals surface area contributed by atoms with Gasteiger partial charge in [0.25, 0.3) is 0 Å². The highest BCUT2D eigenvalue weighted by molar-refractivity contribution is 7.99. The van der Waals surface area contributed by atoms with Gasteiger partial charge in [-0.3, -0.25) is 0 Å². The zero-order chi connectivity index (χ0) is 11.3. The van der Waals surface area contributed by atoms with E-state index in [-0.39, 0.29) is 6.54 Å². The standard InChI is InChI=1S/C9H13F3N2S/c10-9(11,12)8(6-13)7-14-2-1-4-15-5-3-14/h8H,1-5,7H2. The fraction of sp³-hybridized carbons (Fsp3) is 0.889. The Hall–Kier alpha value is -0.410. The number of nitriles is 1. The van der Waals surface area contributed by atoms with Crippen molar-refractivity contribution in [1.82, 2.24) is 4.90 Å². The third-order valence-corrected chi connectivity index (χ3v) is 3.36. The summed E-state index contributed by atoms with van der Waals surface area (Å²) in [6.07, 6.45) is -3.49. The molecular weight excluding hydrogens is 225 g/mol. The molecule has 0 amide bonds. The smallest absolute Gasteiger partial charge is 0.301 e. The van der Waals surface area contributed by atoms with Gasteiger partial charge in [0, 0.05) is 18.8 Å². The van der Waals surface area contributed by atoms with Crippen LogP contribution >= 0.6 is 11.8 Å². The SMILES string of the molecule is N#CC(CN1CCCSCC1)C(F)(F)F. The van der Waals surface area contributed by atoms with Gasteiger partial charge in [-0.05, 0) is 18.7 Å². The maximum Gasteiger partial charge on any atom is 0.405 e. The van der Waals surface area contributed by atoms with Crippen molar-refractivity contribution < 1.29 is 13.2 Å². The minimum absolute atomic E-state index is 0.180. The van der Waals surface area contributed by atoms with Crippen molar-refractivity contribution in [3.63, 3.8) is 0 Å². The third-order valence-electron chi connectivity index (χ3n) is 2.31. The second-order valence-corrected chi connectivity index (χ2v) is 4.71. The maximum atomic E-state index is 12.3. The van der Waals surface area contributed by atoms with Crippen molar-refractivity contribution in [2.24, 2.45) is 5.92 Å². The van der Waals surface area contributed by atoms with Crippen LogP contribution in [0.4, 0.5) is 13.2 Å². The predicted octanol–water partition coefficient (Wildman–Crippen LogP) is 2.13. The number of halogens is 3. The van der Waals surface area contributed by atoms with E-state index in [2.05, 4.69) is 0 Å². The molecule has 1 unspecified atom stereocenters. The van der Waals surface area contributed by atoms with E-state index < -0.39 is 12.1 Å². The molecule has 1 atom stereocenters. The summed E-state index contributed by atoms with van der Waals surface area (Å²) in [5, 5.41) is 8.46. The highest BCUT2D eigenvalue weighted by Crippen LogP contribution is 2.26. The molecule has 1 heterocycles.